The van der Waals surface area contributed by atoms with Crippen molar-refractivity contribution < 1.29 is 18.0 Å². The monoisotopic (exact) mass is 281 g/mol. The molecule has 0 radical (unpaired) electrons. The van der Waals surface area contributed by atoms with Crippen molar-refractivity contribution in [3.05, 3.63) is 48.0 Å². The quantitative estimate of drug-likeness (QED) is 0.938. The lowest BCUT2D eigenvalue weighted by Gasteiger charge is -2.11. The fourth-order valence-corrected chi connectivity index (χ4v) is 1.76. The van der Waals surface area contributed by atoms with Gasteiger partial charge >= 0.3 is 6.18 Å². The minimum Gasteiger partial charge on any atom is -0.364 e. The number of nitrogens with two attached hydrogens (primary N) is 1. The summed E-state index contributed by atoms with van der Waals surface area (Å²) in [5.74, 6) is -0.742. The van der Waals surface area contributed by atoms with Gasteiger partial charge in [0.2, 0.25) is 0 Å². The topological polar surface area (TPSA) is 68.9 Å². The summed E-state index contributed by atoms with van der Waals surface area (Å²) in [5.41, 5.74) is 5.70. The van der Waals surface area contributed by atoms with E-state index in [1.54, 1.807) is 0 Å². The SMILES string of the molecule is NC(=O)c1cc(-c2cccnc2CC(F)(F)F)ccn1. The summed E-state index contributed by atoms with van der Waals surface area (Å²) in [6, 6.07) is 5.89. The van der Waals surface area contributed by atoms with Crippen LogP contribution in [0.15, 0.2) is 36.7 Å². The van der Waals surface area contributed by atoms with Gasteiger partial charge in [0.1, 0.15) is 5.69 Å². The highest BCUT2D eigenvalue weighted by atomic mass is 19.4. The lowest BCUT2D eigenvalue weighted by molar-refractivity contribution is -0.127. The third kappa shape index (κ3) is 3.31. The first-order chi connectivity index (χ1) is 9.37. The van der Waals surface area contributed by atoms with Crippen molar-refractivity contribution in [3.8, 4) is 11.1 Å². The number of carbonyl (C=O) groups is 1. The highest BCUT2D eigenvalue weighted by Gasteiger charge is 2.29. The summed E-state index contributed by atoms with van der Waals surface area (Å²) >= 11 is 0. The van der Waals surface area contributed by atoms with Crippen molar-refractivity contribution in [2.45, 2.75) is 12.6 Å². The Hall–Kier alpha value is -2.44. The molecular weight excluding hydrogens is 271 g/mol. The number of rotatable bonds is 3. The number of halogens is 3. The summed E-state index contributed by atoms with van der Waals surface area (Å²) < 4.78 is 37.6. The zero-order chi connectivity index (χ0) is 14.8. The molecule has 4 nitrogen and oxygen atoms in total. The Kier molecular flexibility index (Phi) is 3.69. The molecule has 2 aromatic heterocycles. The van der Waals surface area contributed by atoms with Gasteiger partial charge in [-0.3, -0.25) is 14.8 Å². The van der Waals surface area contributed by atoms with Crippen molar-refractivity contribution >= 4 is 5.91 Å². The molecule has 20 heavy (non-hydrogen) atoms. The van der Waals surface area contributed by atoms with E-state index < -0.39 is 18.5 Å². The molecule has 0 aromatic carbocycles. The van der Waals surface area contributed by atoms with Gasteiger partial charge in [0, 0.05) is 18.0 Å². The molecule has 0 unspecified atom stereocenters. The summed E-state index contributed by atoms with van der Waals surface area (Å²) in [5, 5.41) is 0. The van der Waals surface area contributed by atoms with Crippen LogP contribution in [0, 0.1) is 0 Å². The number of amides is 1. The van der Waals surface area contributed by atoms with Gasteiger partial charge in [0.25, 0.3) is 5.91 Å². The van der Waals surface area contributed by atoms with E-state index in [0.29, 0.717) is 11.1 Å². The maximum Gasteiger partial charge on any atom is 0.394 e. The van der Waals surface area contributed by atoms with E-state index in [1.165, 1.54) is 36.7 Å². The molecule has 0 atom stereocenters. The van der Waals surface area contributed by atoms with Crippen molar-refractivity contribution in [2.75, 3.05) is 0 Å². The second-order valence-electron chi connectivity index (χ2n) is 4.08. The number of aromatic nitrogens is 2. The number of nitrogens with zero attached hydrogens (tertiary/aromatic N) is 2. The smallest absolute Gasteiger partial charge is 0.364 e. The van der Waals surface area contributed by atoms with Crippen LogP contribution in [0.1, 0.15) is 16.2 Å². The normalized spacial score (nSPS) is 11.3. The number of hydrogen-bond donors (Lipinski definition) is 1. The molecule has 2 aromatic rings. The van der Waals surface area contributed by atoms with Gasteiger partial charge in [-0.2, -0.15) is 13.2 Å². The molecule has 0 fully saturated rings. The largest absolute Gasteiger partial charge is 0.394 e. The standard InChI is InChI=1S/C13H10F3N3O/c14-13(15,16)7-11-9(2-1-4-18-11)8-3-5-19-10(6-8)12(17)20/h1-6H,7H2,(H2,17,20). The zero-order valence-corrected chi connectivity index (χ0v) is 10.2. The summed E-state index contributed by atoms with van der Waals surface area (Å²) in [7, 11) is 0. The molecule has 2 heterocycles. The summed E-state index contributed by atoms with van der Waals surface area (Å²) in [6.07, 6.45) is -2.89. The predicted molar refractivity (Wildman–Crippen MR) is 65.7 cm³/mol. The van der Waals surface area contributed by atoms with E-state index in [-0.39, 0.29) is 11.4 Å². The first kappa shape index (κ1) is 14.0. The number of alkyl halides is 3. The van der Waals surface area contributed by atoms with Crippen molar-refractivity contribution in [3.63, 3.8) is 0 Å². The maximum absolute atomic E-state index is 12.5. The first-order valence-electron chi connectivity index (χ1n) is 5.64. The van der Waals surface area contributed by atoms with Gasteiger partial charge in [0.05, 0.1) is 12.1 Å². The Morgan fingerprint density at radius 2 is 1.95 bits per heavy atom. The Labute approximate surface area is 112 Å². The molecule has 0 aliphatic rings. The molecule has 0 saturated carbocycles. The van der Waals surface area contributed by atoms with Crippen LogP contribution in [0.4, 0.5) is 13.2 Å². The number of pyridine rings is 2. The van der Waals surface area contributed by atoms with Crippen LogP contribution in [0.3, 0.4) is 0 Å². The summed E-state index contributed by atoms with van der Waals surface area (Å²) in [6.45, 7) is 0. The molecule has 104 valence electrons. The predicted octanol–water partition coefficient (Wildman–Crippen LogP) is 2.35. The lowest BCUT2D eigenvalue weighted by atomic mass is 10.0. The molecule has 0 aliphatic carbocycles. The van der Waals surface area contributed by atoms with Crippen LogP contribution < -0.4 is 5.73 Å². The minimum atomic E-state index is -4.36. The van der Waals surface area contributed by atoms with Gasteiger partial charge in [-0.25, -0.2) is 0 Å². The fraction of sp³-hybridized carbons (Fsp3) is 0.154. The van der Waals surface area contributed by atoms with E-state index in [4.69, 9.17) is 5.73 Å². The van der Waals surface area contributed by atoms with Crippen molar-refractivity contribution in [1.82, 2.24) is 9.97 Å². The fourth-order valence-electron chi connectivity index (χ4n) is 1.76. The van der Waals surface area contributed by atoms with Crippen LogP contribution >= 0.6 is 0 Å². The number of hydrogen-bond acceptors (Lipinski definition) is 3. The van der Waals surface area contributed by atoms with Gasteiger partial charge in [-0.05, 0) is 23.8 Å². The van der Waals surface area contributed by atoms with Crippen LogP contribution in [-0.4, -0.2) is 22.1 Å². The average molecular weight is 281 g/mol. The van der Waals surface area contributed by atoms with Gasteiger partial charge in [-0.15, -0.1) is 0 Å². The molecular formula is C13H10F3N3O. The van der Waals surface area contributed by atoms with E-state index in [0.717, 1.165) is 0 Å². The second-order valence-corrected chi connectivity index (χ2v) is 4.08. The lowest BCUT2D eigenvalue weighted by Crippen LogP contribution is -2.14. The third-order valence-corrected chi connectivity index (χ3v) is 2.58. The molecule has 0 saturated heterocycles. The van der Waals surface area contributed by atoms with Crippen molar-refractivity contribution in [2.24, 2.45) is 5.73 Å². The van der Waals surface area contributed by atoms with Crippen LogP contribution in [0.2, 0.25) is 0 Å². The van der Waals surface area contributed by atoms with Crippen molar-refractivity contribution in [1.29, 1.82) is 0 Å². The molecule has 2 rings (SSSR count). The van der Waals surface area contributed by atoms with Gasteiger partial charge < -0.3 is 5.73 Å². The molecule has 2 N–H and O–H groups in total. The Morgan fingerprint density at radius 1 is 1.20 bits per heavy atom. The summed E-state index contributed by atoms with van der Waals surface area (Å²) in [4.78, 5) is 18.6. The van der Waals surface area contributed by atoms with E-state index in [9.17, 15) is 18.0 Å². The third-order valence-electron chi connectivity index (χ3n) is 2.58. The number of carbonyl (C=O) groups excluding carboxylic acids is 1. The van der Waals surface area contributed by atoms with E-state index in [2.05, 4.69) is 9.97 Å². The second kappa shape index (κ2) is 5.28. The Morgan fingerprint density at radius 3 is 2.60 bits per heavy atom. The zero-order valence-electron chi connectivity index (χ0n) is 10.2. The molecule has 0 spiro atoms. The number of primary amides is 1. The Bertz CT molecular complexity index is 641. The maximum atomic E-state index is 12.5. The molecule has 0 aliphatic heterocycles. The highest BCUT2D eigenvalue weighted by molar-refractivity contribution is 5.92. The van der Waals surface area contributed by atoms with Crippen LogP contribution in [0.5, 0.6) is 0 Å². The minimum absolute atomic E-state index is 0.00990. The Balaban J connectivity index is 2.47. The van der Waals surface area contributed by atoms with Crippen LogP contribution in [0.25, 0.3) is 11.1 Å². The van der Waals surface area contributed by atoms with E-state index in [1.807, 2.05) is 0 Å². The van der Waals surface area contributed by atoms with Gasteiger partial charge in [0.15, 0.2) is 0 Å². The van der Waals surface area contributed by atoms with E-state index >= 15 is 0 Å². The molecule has 0 bridgehead atoms. The first-order valence-corrected chi connectivity index (χ1v) is 5.64. The van der Waals surface area contributed by atoms with Crippen LogP contribution in [-0.2, 0) is 6.42 Å². The molecule has 7 heteroatoms. The molecule has 1 amide bonds. The van der Waals surface area contributed by atoms with Gasteiger partial charge in [-0.1, -0.05) is 6.07 Å². The highest BCUT2D eigenvalue weighted by Crippen LogP contribution is 2.28. The average Bonchev–Trinajstić information content (AvgIpc) is 2.37.